The van der Waals surface area contributed by atoms with Crippen molar-refractivity contribution < 1.29 is 5.11 Å². The second kappa shape index (κ2) is 5.19. The molecule has 0 aliphatic carbocycles. The smallest absolute Gasteiger partial charge is 0.133 e. The maximum Gasteiger partial charge on any atom is 0.133 e. The second-order valence-electron chi connectivity index (χ2n) is 4.52. The lowest BCUT2D eigenvalue weighted by Crippen LogP contribution is -2.11. The van der Waals surface area contributed by atoms with Crippen LogP contribution in [0, 0.1) is 6.92 Å². The Morgan fingerprint density at radius 1 is 1.17 bits per heavy atom. The second-order valence-corrected chi connectivity index (χ2v) is 4.52. The number of aliphatic hydroxyl groups excluding tert-OH is 1. The minimum absolute atomic E-state index is 0.474. The molecule has 0 saturated carbocycles. The van der Waals surface area contributed by atoms with Crippen molar-refractivity contribution in [3.8, 4) is 0 Å². The summed E-state index contributed by atoms with van der Waals surface area (Å²) in [5, 5.41) is 9.59. The van der Waals surface area contributed by atoms with Crippen LogP contribution in [0.25, 0.3) is 0 Å². The molecule has 1 aromatic carbocycles. The summed E-state index contributed by atoms with van der Waals surface area (Å²) in [6.07, 6.45) is 1.25. The number of aliphatic hydroxyl groups is 1. The first-order chi connectivity index (χ1) is 8.58. The predicted molar refractivity (Wildman–Crippen MR) is 74.1 cm³/mol. The van der Waals surface area contributed by atoms with Crippen LogP contribution in [-0.4, -0.2) is 17.1 Å². The van der Waals surface area contributed by atoms with E-state index in [0.29, 0.717) is 0 Å². The van der Waals surface area contributed by atoms with Crippen LogP contribution in [0.2, 0.25) is 0 Å². The third-order valence-corrected chi connectivity index (χ3v) is 3.02. The number of rotatable bonds is 3. The molecular weight excluding hydrogens is 224 g/mol. The number of benzene rings is 1. The van der Waals surface area contributed by atoms with Crippen LogP contribution in [0.3, 0.4) is 0 Å². The summed E-state index contributed by atoms with van der Waals surface area (Å²) in [6.45, 7) is 3.82. The molecular formula is C15H18N2O. The van der Waals surface area contributed by atoms with E-state index in [0.717, 1.165) is 17.1 Å². The highest BCUT2D eigenvalue weighted by atomic mass is 16.3. The van der Waals surface area contributed by atoms with E-state index >= 15 is 0 Å². The van der Waals surface area contributed by atoms with E-state index in [1.807, 2.05) is 24.1 Å². The summed E-state index contributed by atoms with van der Waals surface area (Å²) in [4.78, 5) is 6.34. The van der Waals surface area contributed by atoms with Crippen LogP contribution < -0.4 is 4.90 Å². The summed E-state index contributed by atoms with van der Waals surface area (Å²) in [7, 11) is 1.97. The number of aryl methyl sites for hydroxylation is 1. The molecule has 1 aromatic heterocycles. The van der Waals surface area contributed by atoms with Crippen molar-refractivity contribution in [3.05, 3.63) is 53.7 Å². The first-order valence-electron chi connectivity index (χ1n) is 6.02. The largest absolute Gasteiger partial charge is 0.389 e. The number of anilines is 2. The molecule has 0 fully saturated rings. The van der Waals surface area contributed by atoms with E-state index in [2.05, 4.69) is 36.2 Å². The quantitative estimate of drug-likeness (QED) is 0.897. The minimum Gasteiger partial charge on any atom is -0.389 e. The zero-order valence-corrected chi connectivity index (χ0v) is 11.0. The van der Waals surface area contributed by atoms with Crippen molar-refractivity contribution in [2.24, 2.45) is 0 Å². The molecule has 0 amide bonds. The van der Waals surface area contributed by atoms with Gasteiger partial charge in [0, 0.05) is 18.9 Å². The monoisotopic (exact) mass is 242 g/mol. The van der Waals surface area contributed by atoms with Crippen LogP contribution in [0.5, 0.6) is 0 Å². The molecule has 94 valence electrons. The van der Waals surface area contributed by atoms with Gasteiger partial charge in [0.2, 0.25) is 0 Å². The molecule has 2 aromatic rings. The Morgan fingerprint density at radius 2 is 1.83 bits per heavy atom. The molecule has 3 heteroatoms. The Bertz CT molecular complexity index is 520. The molecule has 1 heterocycles. The molecule has 1 atom stereocenters. The van der Waals surface area contributed by atoms with Crippen LogP contribution >= 0.6 is 0 Å². The summed E-state index contributed by atoms with van der Waals surface area (Å²) in [5.41, 5.74) is 3.19. The number of pyridine rings is 1. The Balaban J connectivity index is 2.30. The van der Waals surface area contributed by atoms with Crippen LogP contribution in [0.1, 0.15) is 24.2 Å². The molecule has 0 spiro atoms. The summed E-state index contributed by atoms with van der Waals surface area (Å²) in [5.74, 6) is 0.831. The zero-order valence-electron chi connectivity index (χ0n) is 11.0. The van der Waals surface area contributed by atoms with Gasteiger partial charge in [-0.3, -0.25) is 0 Å². The van der Waals surface area contributed by atoms with Gasteiger partial charge in [-0.05, 0) is 43.7 Å². The molecule has 18 heavy (non-hydrogen) atoms. The molecule has 1 N–H and O–H groups in total. The highest BCUT2D eigenvalue weighted by molar-refractivity contribution is 5.59. The van der Waals surface area contributed by atoms with Gasteiger partial charge in [0.25, 0.3) is 0 Å². The Hall–Kier alpha value is -1.87. The van der Waals surface area contributed by atoms with Gasteiger partial charge in [0.05, 0.1) is 6.10 Å². The van der Waals surface area contributed by atoms with Crippen molar-refractivity contribution in [1.29, 1.82) is 0 Å². The first kappa shape index (κ1) is 12.6. The van der Waals surface area contributed by atoms with Crippen molar-refractivity contribution in [1.82, 2.24) is 4.98 Å². The fraction of sp³-hybridized carbons (Fsp3) is 0.267. The van der Waals surface area contributed by atoms with Crippen molar-refractivity contribution in [3.63, 3.8) is 0 Å². The molecule has 0 saturated heterocycles. The minimum atomic E-state index is -0.474. The maximum absolute atomic E-state index is 9.59. The average Bonchev–Trinajstić information content (AvgIpc) is 2.39. The molecule has 3 nitrogen and oxygen atoms in total. The van der Waals surface area contributed by atoms with Gasteiger partial charge in [-0.1, -0.05) is 17.7 Å². The van der Waals surface area contributed by atoms with Gasteiger partial charge in [-0.15, -0.1) is 0 Å². The fourth-order valence-electron chi connectivity index (χ4n) is 1.78. The van der Waals surface area contributed by atoms with E-state index in [1.54, 1.807) is 13.1 Å². The third kappa shape index (κ3) is 2.68. The van der Waals surface area contributed by atoms with E-state index in [1.165, 1.54) is 5.56 Å². The van der Waals surface area contributed by atoms with Crippen LogP contribution in [0.4, 0.5) is 11.5 Å². The van der Waals surface area contributed by atoms with Gasteiger partial charge in [0.15, 0.2) is 0 Å². The van der Waals surface area contributed by atoms with Crippen LogP contribution in [0.15, 0.2) is 42.6 Å². The van der Waals surface area contributed by atoms with E-state index < -0.39 is 6.10 Å². The SMILES string of the molecule is Cc1ccc(N(C)c2cc([C@@H](C)O)ccn2)cc1. The van der Waals surface area contributed by atoms with Crippen LogP contribution in [-0.2, 0) is 0 Å². The summed E-state index contributed by atoms with van der Waals surface area (Å²) < 4.78 is 0. The summed E-state index contributed by atoms with van der Waals surface area (Å²) >= 11 is 0. The Kier molecular flexibility index (Phi) is 3.63. The van der Waals surface area contributed by atoms with E-state index in [-0.39, 0.29) is 0 Å². The topological polar surface area (TPSA) is 36.4 Å². The molecule has 0 bridgehead atoms. The normalized spacial score (nSPS) is 12.2. The van der Waals surface area contributed by atoms with Gasteiger partial charge < -0.3 is 10.0 Å². The third-order valence-electron chi connectivity index (χ3n) is 3.02. The van der Waals surface area contributed by atoms with Gasteiger partial charge in [0.1, 0.15) is 5.82 Å². The standard InChI is InChI=1S/C15H18N2O/c1-11-4-6-14(7-5-11)17(3)15-10-13(12(2)18)8-9-16-15/h4-10,12,18H,1-3H3/t12-/m1/s1. The van der Waals surface area contributed by atoms with E-state index in [4.69, 9.17) is 0 Å². The Labute approximate surface area is 108 Å². The van der Waals surface area contributed by atoms with Gasteiger partial charge in [-0.25, -0.2) is 4.98 Å². The van der Waals surface area contributed by atoms with E-state index in [9.17, 15) is 5.11 Å². The lowest BCUT2D eigenvalue weighted by Gasteiger charge is -2.19. The summed E-state index contributed by atoms with van der Waals surface area (Å²) in [6, 6.07) is 12.0. The molecule has 0 aliphatic rings. The first-order valence-corrected chi connectivity index (χ1v) is 6.02. The number of nitrogens with zero attached hydrogens (tertiary/aromatic N) is 2. The predicted octanol–water partition coefficient (Wildman–Crippen LogP) is 3.21. The zero-order chi connectivity index (χ0) is 13.1. The highest BCUT2D eigenvalue weighted by Crippen LogP contribution is 2.24. The number of hydrogen-bond acceptors (Lipinski definition) is 3. The van der Waals surface area contributed by atoms with Gasteiger partial charge in [-0.2, -0.15) is 0 Å². The molecule has 0 unspecified atom stereocenters. The molecule has 0 radical (unpaired) electrons. The lowest BCUT2D eigenvalue weighted by molar-refractivity contribution is 0.199. The molecule has 0 aliphatic heterocycles. The highest BCUT2D eigenvalue weighted by Gasteiger charge is 2.08. The Morgan fingerprint density at radius 3 is 2.44 bits per heavy atom. The number of hydrogen-bond donors (Lipinski definition) is 1. The van der Waals surface area contributed by atoms with Crippen molar-refractivity contribution in [2.75, 3.05) is 11.9 Å². The van der Waals surface area contributed by atoms with Crippen molar-refractivity contribution in [2.45, 2.75) is 20.0 Å². The average molecular weight is 242 g/mol. The van der Waals surface area contributed by atoms with Crippen molar-refractivity contribution >= 4 is 11.5 Å². The van der Waals surface area contributed by atoms with Gasteiger partial charge >= 0.3 is 0 Å². The number of aromatic nitrogens is 1. The molecule has 2 rings (SSSR count). The maximum atomic E-state index is 9.59. The fourth-order valence-corrected chi connectivity index (χ4v) is 1.78. The lowest BCUT2D eigenvalue weighted by atomic mass is 10.1.